The van der Waals surface area contributed by atoms with E-state index in [1.54, 1.807) is 0 Å². The molecule has 0 aromatic heterocycles. The van der Waals surface area contributed by atoms with Crippen LogP contribution in [0.4, 0.5) is 0 Å². The molecule has 0 radical (unpaired) electrons. The van der Waals surface area contributed by atoms with Gasteiger partial charge in [-0.25, -0.2) is 0 Å². The molecule has 0 unspecified atom stereocenters. The highest BCUT2D eigenvalue weighted by Crippen LogP contribution is 2.24. The van der Waals surface area contributed by atoms with Crippen LogP contribution in [0.3, 0.4) is 0 Å². The van der Waals surface area contributed by atoms with Crippen LogP contribution >= 0.6 is 0 Å². The molecule has 1 rings (SSSR count). The summed E-state index contributed by atoms with van der Waals surface area (Å²) in [4.78, 5) is 12.3. The van der Waals surface area contributed by atoms with E-state index < -0.39 is 0 Å². The standard InChI is InChI=1S/C16H25NO2/c1-5-16(6-2,11-18)10-17-15(19)14-12(3)8-7-9-13(14)4/h7-9,18H,5-6,10-11H2,1-4H3,(H,17,19). The molecule has 1 aromatic carbocycles. The van der Waals surface area contributed by atoms with Crippen LogP contribution in [-0.4, -0.2) is 24.2 Å². The number of nitrogens with one attached hydrogen (secondary N) is 1. The molecule has 0 saturated carbocycles. The Hall–Kier alpha value is -1.35. The summed E-state index contributed by atoms with van der Waals surface area (Å²) in [7, 11) is 0. The van der Waals surface area contributed by atoms with Crippen molar-refractivity contribution in [2.45, 2.75) is 40.5 Å². The molecular weight excluding hydrogens is 238 g/mol. The Morgan fingerprint density at radius 3 is 2.16 bits per heavy atom. The molecule has 0 aliphatic carbocycles. The van der Waals surface area contributed by atoms with Gasteiger partial charge >= 0.3 is 0 Å². The van der Waals surface area contributed by atoms with Gasteiger partial charge in [-0.1, -0.05) is 32.0 Å². The van der Waals surface area contributed by atoms with Gasteiger partial charge in [-0.15, -0.1) is 0 Å². The maximum atomic E-state index is 12.3. The van der Waals surface area contributed by atoms with Gasteiger partial charge in [0, 0.05) is 17.5 Å². The number of rotatable bonds is 6. The molecular formula is C16H25NO2. The van der Waals surface area contributed by atoms with Gasteiger partial charge in [-0.3, -0.25) is 4.79 Å². The summed E-state index contributed by atoms with van der Waals surface area (Å²) in [6.07, 6.45) is 1.71. The first-order valence-corrected chi connectivity index (χ1v) is 6.95. The van der Waals surface area contributed by atoms with Crippen molar-refractivity contribution in [2.75, 3.05) is 13.2 Å². The third-order valence-corrected chi connectivity index (χ3v) is 4.17. The van der Waals surface area contributed by atoms with Crippen molar-refractivity contribution in [3.63, 3.8) is 0 Å². The van der Waals surface area contributed by atoms with Crippen molar-refractivity contribution < 1.29 is 9.90 Å². The third kappa shape index (κ3) is 3.57. The Balaban J connectivity index is 2.81. The molecule has 106 valence electrons. The SMILES string of the molecule is CCC(CC)(CO)CNC(=O)c1c(C)cccc1C. The van der Waals surface area contributed by atoms with Crippen LogP contribution < -0.4 is 5.32 Å². The van der Waals surface area contributed by atoms with E-state index in [1.807, 2.05) is 45.9 Å². The fourth-order valence-electron chi connectivity index (χ4n) is 2.31. The predicted octanol–water partition coefficient (Wildman–Crippen LogP) is 2.83. The van der Waals surface area contributed by atoms with E-state index in [2.05, 4.69) is 5.32 Å². The van der Waals surface area contributed by atoms with Crippen LogP contribution in [0.15, 0.2) is 18.2 Å². The summed E-state index contributed by atoms with van der Waals surface area (Å²) in [5.74, 6) is -0.0460. The first-order valence-electron chi connectivity index (χ1n) is 6.95. The van der Waals surface area contributed by atoms with Gasteiger partial charge in [0.05, 0.1) is 6.61 Å². The molecule has 0 heterocycles. The summed E-state index contributed by atoms with van der Waals surface area (Å²) in [5.41, 5.74) is 2.52. The van der Waals surface area contributed by atoms with Crippen LogP contribution in [0.2, 0.25) is 0 Å². The monoisotopic (exact) mass is 263 g/mol. The van der Waals surface area contributed by atoms with Gasteiger partial charge in [-0.05, 0) is 37.8 Å². The van der Waals surface area contributed by atoms with Crippen LogP contribution in [-0.2, 0) is 0 Å². The molecule has 0 saturated heterocycles. The predicted molar refractivity (Wildman–Crippen MR) is 78.4 cm³/mol. The van der Waals surface area contributed by atoms with Gasteiger partial charge in [-0.2, -0.15) is 0 Å². The number of hydrogen-bond acceptors (Lipinski definition) is 2. The van der Waals surface area contributed by atoms with Gasteiger partial charge in [0.15, 0.2) is 0 Å². The molecule has 1 amide bonds. The van der Waals surface area contributed by atoms with E-state index in [-0.39, 0.29) is 17.9 Å². The van der Waals surface area contributed by atoms with E-state index in [0.29, 0.717) is 6.54 Å². The molecule has 0 aliphatic rings. The van der Waals surface area contributed by atoms with E-state index in [9.17, 15) is 9.90 Å². The van der Waals surface area contributed by atoms with Gasteiger partial charge < -0.3 is 10.4 Å². The molecule has 0 spiro atoms. The summed E-state index contributed by atoms with van der Waals surface area (Å²) in [5, 5.41) is 12.5. The molecule has 0 aliphatic heterocycles. The normalized spacial score (nSPS) is 11.4. The van der Waals surface area contributed by atoms with Crippen molar-refractivity contribution in [1.82, 2.24) is 5.32 Å². The fraction of sp³-hybridized carbons (Fsp3) is 0.562. The summed E-state index contributed by atoms with van der Waals surface area (Å²) < 4.78 is 0. The highest BCUT2D eigenvalue weighted by Gasteiger charge is 2.26. The van der Waals surface area contributed by atoms with Crippen molar-refractivity contribution >= 4 is 5.91 Å². The second-order valence-electron chi connectivity index (χ2n) is 5.31. The lowest BCUT2D eigenvalue weighted by atomic mass is 9.83. The highest BCUT2D eigenvalue weighted by atomic mass is 16.3. The van der Waals surface area contributed by atoms with E-state index in [4.69, 9.17) is 0 Å². The van der Waals surface area contributed by atoms with Crippen molar-refractivity contribution in [3.05, 3.63) is 34.9 Å². The van der Waals surface area contributed by atoms with Gasteiger partial charge in [0.1, 0.15) is 0 Å². The Morgan fingerprint density at radius 2 is 1.74 bits per heavy atom. The number of amides is 1. The zero-order chi connectivity index (χ0) is 14.5. The van der Waals surface area contributed by atoms with Crippen molar-refractivity contribution in [1.29, 1.82) is 0 Å². The van der Waals surface area contributed by atoms with E-state index in [1.165, 1.54) is 0 Å². The lowest BCUT2D eigenvalue weighted by Crippen LogP contribution is -2.39. The number of carbonyl (C=O) groups is 1. The summed E-state index contributed by atoms with van der Waals surface area (Å²) in [6.45, 7) is 8.60. The molecule has 3 heteroatoms. The topological polar surface area (TPSA) is 49.3 Å². The quantitative estimate of drug-likeness (QED) is 0.829. The first-order chi connectivity index (χ1) is 8.99. The van der Waals surface area contributed by atoms with Crippen LogP contribution in [0.1, 0.15) is 48.2 Å². The molecule has 19 heavy (non-hydrogen) atoms. The minimum absolute atomic E-state index is 0.0460. The average molecular weight is 263 g/mol. The van der Waals surface area contributed by atoms with Crippen LogP contribution in [0.25, 0.3) is 0 Å². The van der Waals surface area contributed by atoms with Crippen LogP contribution in [0.5, 0.6) is 0 Å². The Morgan fingerprint density at radius 1 is 1.21 bits per heavy atom. The zero-order valence-electron chi connectivity index (χ0n) is 12.4. The van der Waals surface area contributed by atoms with Gasteiger partial charge in [0.25, 0.3) is 5.91 Å². The minimum Gasteiger partial charge on any atom is -0.396 e. The smallest absolute Gasteiger partial charge is 0.251 e. The minimum atomic E-state index is -0.202. The highest BCUT2D eigenvalue weighted by molar-refractivity contribution is 5.97. The Bertz CT molecular complexity index is 408. The van der Waals surface area contributed by atoms with E-state index in [0.717, 1.165) is 29.5 Å². The lowest BCUT2D eigenvalue weighted by molar-refractivity contribution is 0.0850. The maximum absolute atomic E-state index is 12.3. The molecule has 2 N–H and O–H groups in total. The number of carbonyl (C=O) groups excluding carboxylic acids is 1. The van der Waals surface area contributed by atoms with Crippen molar-refractivity contribution in [2.24, 2.45) is 5.41 Å². The first kappa shape index (κ1) is 15.7. The number of hydrogen-bond donors (Lipinski definition) is 2. The Labute approximate surface area is 116 Å². The molecule has 0 bridgehead atoms. The molecule has 0 fully saturated rings. The summed E-state index contributed by atoms with van der Waals surface area (Å²) in [6, 6.07) is 5.85. The molecule has 1 aromatic rings. The molecule has 0 atom stereocenters. The Kier molecular flexibility index (Phi) is 5.55. The maximum Gasteiger partial charge on any atom is 0.251 e. The lowest BCUT2D eigenvalue weighted by Gasteiger charge is -2.29. The average Bonchev–Trinajstić information content (AvgIpc) is 2.41. The number of aryl methyl sites for hydroxylation is 2. The largest absolute Gasteiger partial charge is 0.396 e. The van der Waals surface area contributed by atoms with Crippen LogP contribution in [0, 0.1) is 19.3 Å². The second kappa shape index (κ2) is 6.71. The number of benzene rings is 1. The fourth-order valence-corrected chi connectivity index (χ4v) is 2.31. The zero-order valence-corrected chi connectivity index (χ0v) is 12.4. The number of aliphatic hydroxyl groups excluding tert-OH is 1. The molecule has 3 nitrogen and oxygen atoms in total. The van der Waals surface area contributed by atoms with Crippen molar-refractivity contribution in [3.8, 4) is 0 Å². The van der Waals surface area contributed by atoms with E-state index >= 15 is 0 Å². The third-order valence-electron chi connectivity index (χ3n) is 4.17. The summed E-state index contributed by atoms with van der Waals surface area (Å²) >= 11 is 0. The van der Waals surface area contributed by atoms with Gasteiger partial charge in [0.2, 0.25) is 0 Å². The number of aliphatic hydroxyl groups is 1. The second-order valence-corrected chi connectivity index (χ2v) is 5.31.